The highest BCUT2D eigenvalue weighted by molar-refractivity contribution is 9.10. The van der Waals surface area contributed by atoms with Crippen molar-refractivity contribution in [1.82, 2.24) is 5.32 Å². The fraction of sp³-hybridized carbons (Fsp3) is 0.385. The van der Waals surface area contributed by atoms with E-state index in [1.807, 2.05) is 11.3 Å². The van der Waals surface area contributed by atoms with E-state index in [-0.39, 0.29) is 0 Å². The van der Waals surface area contributed by atoms with E-state index in [1.165, 1.54) is 19.8 Å². The largest absolute Gasteiger partial charge is 0.309 e. The summed E-state index contributed by atoms with van der Waals surface area (Å²) in [6, 6.07) is 4.93. The lowest BCUT2D eigenvalue weighted by Gasteiger charge is -2.11. The Morgan fingerprint density at radius 2 is 2.29 bits per heavy atom. The molecule has 17 heavy (non-hydrogen) atoms. The molecule has 0 amide bonds. The lowest BCUT2D eigenvalue weighted by Crippen LogP contribution is -2.26. The minimum atomic E-state index is 0.519. The third kappa shape index (κ3) is 3.91. The molecule has 2 aromatic rings. The Bertz CT molecular complexity index is 442. The normalized spacial score (nSPS) is 12.9. The highest BCUT2D eigenvalue weighted by atomic mass is 79.9. The molecule has 1 unspecified atom stereocenters. The molecular formula is C13H16BrNS2. The summed E-state index contributed by atoms with van der Waals surface area (Å²) in [4.78, 5) is 2.75. The highest BCUT2D eigenvalue weighted by Gasteiger charge is 2.06. The van der Waals surface area contributed by atoms with Gasteiger partial charge in [-0.3, -0.25) is 0 Å². The molecule has 2 aromatic heterocycles. The van der Waals surface area contributed by atoms with Crippen LogP contribution in [0.15, 0.2) is 27.4 Å². The van der Waals surface area contributed by atoms with Crippen LogP contribution >= 0.6 is 38.6 Å². The number of halogens is 1. The van der Waals surface area contributed by atoms with Gasteiger partial charge in [0.2, 0.25) is 0 Å². The van der Waals surface area contributed by atoms with E-state index in [0.717, 1.165) is 13.0 Å². The first-order chi connectivity index (χ1) is 8.15. The summed E-state index contributed by atoms with van der Waals surface area (Å²) in [6.45, 7) is 5.35. The minimum absolute atomic E-state index is 0.519. The number of rotatable bonds is 5. The van der Waals surface area contributed by atoms with Crippen molar-refractivity contribution in [2.45, 2.75) is 32.9 Å². The Morgan fingerprint density at radius 1 is 1.47 bits per heavy atom. The fourth-order valence-electron chi connectivity index (χ4n) is 1.71. The Kier molecular flexibility index (Phi) is 4.79. The second-order valence-corrected chi connectivity index (χ2v) is 7.21. The molecule has 0 saturated heterocycles. The van der Waals surface area contributed by atoms with Crippen LogP contribution in [0.2, 0.25) is 0 Å². The maximum Gasteiger partial charge on any atom is 0.0314 e. The third-order valence-electron chi connectivity index (χ3n) is 2.65. The molecule has 0 spiro atoms. The maximum absolute atomic E-state index is 3.57. The van der Waals surface area contributed by atoms with Gasteiger partial charge in [0, 0.05) is 26.8 Å². The molecule has 2 rings (SSSR count). The number of hydrogen-bond acceptors (Lipinski definition) is 3. The van der Waals surface area contributed by atoms with Gasteiger partial charge in [0.1, 0.15) is 0 Å². The van der Waals surface area contributed by atoms with Crippen molar-refractivity contribution in [3.63, 3.8) is 0 Å². The van der Waals surface area contributed by atoms with Crippen LogP contribution in [0.4, 0.5) is 0 Å². The summed E-state index contributed by atoms with van der Waals surface area (Å²) in [5, 5.41) is 7.94. The number of hydrogen-bond donors (Lipinski definition) is 1. The van der Waals surface area contributed by atoms with E-state index in [9.17, 15) is 0 Å². The first kappa shape index (κ1) is 13.3. The molecule has 0 aliphatic rings. The molecule has 0 radical (unpaired) electrons. The van der Waals surface area contributed by atoms with Crippen LogP contribution in [0.5, 0.6) is 0 Å². The van der Waals surface area contributed by atoms with Gasteiger partial charge in [-0.05, 0) is 64.7 Å². The molecular weight excluding hydrogens is 314 g/mol. The summed E-state index contributed by atoms with van der Waals surface area (Å²) >= 11 is 7.18. The summed E-state index contributed by atoms with van der Waals surface area (Å²) in [6.07, 6.45) is 1.11. The minimum Gasteiger partial charge on any atom is -0.309 e. The molecule has 0 aromatic carbocycles. The van der Waals surface area contributed by atoms with Gasteiger partial charge in [0.05, 0.1) is 0 Å². The predicted molar refractivity (Wildman–Crippen MR) is 81.1 cm³/mol. The summed E-state index contributed by atoms with van der Waals surface area (Å²) < 4.78 is 1.23. The molecule has 0 fully saturated rings. The molecule has 1 nitrogen and oxygen atoms in total. The Labute approximate surface area is 119 Å². The predicted octanol–water partition coefficient (Wildman–Crippen LogP) is 4.60. The Morgan fingerprint density at radius 3 is 2.88 bits per heavy atom. The van der Waals surface area contributed by atoms with E-state index >= 15 is 0 Å². The van der Waals surface area contributed by atoms with Gasteiger partial charge in [-0.15, -0.1) is 11.3 Å². The number of aryl methyl sites for hydroxylation is 1. The van der Waals surface area contributed by atoms with E-state index in [1.54, 1.807) is 11.3 Å². The SMILES string of the molecule is Cc1sc(CNC(C)Cc2ccsc2)cc1Br. The summed E-state index contributed by atoms with van der Waals surface area (Å²) in [5.41, 5.74) is 1.43. The topological polar surface area (TPSA) is 12.0 Å². The van der Waals surface area contributed by atoms with Gasteiger partial charge >= 0.3 is 0 Å². The number of thiophene rings is 2. The number of nitrogens with one attached hydrogen (secondary N) is 1. The molecule has 4 heteroatoms. The van der Waals surface area contributed by atoms with Crippen molar-refractivity contribution >= 4 is 38.6 Å². The standard InChI is InChI=1S/C13H16BrNS2/c1-9(5-11-3-4-16-8-11)15-7-12-6-13(14)10(2)17-12/h3-4,6,8-9,15H,5,7H2,1-2H3. The van der Waals surface area contributed by atoms with E-state index in [2.05, 4.69) is 58.0 Å². The van der Waals surface area contributed by atoms with Crippen molar-refractivity contribution in [3.8, 4) is 0 Å². The Balaban J connectivity index is 1.81. The quantitative estimate of drug-likeness (QED) is 0.845. The van der Waals surface area contributed by atoms with Crippen molar-refractivity contribution in [1.29, 1.82) is 0 Å². The van der Waals surface area contributed by atoms with E-state index in [4.69, 9.17) is 0 Å². The molecule has 2 heterocycles. The molecule has 0 saturated carbocycles. The smallest absolute Gasteiger partial charge is 0.0314 e. The van der Waals surface area contributed by atoms with Crippen LogP contribution in [0.3, 0.4) is 0 Å². The van der Waals surface area contributed by atoms with Gasteiger partial charge < -0.3 is 5.32 Å². The molecule has 0 aliphatic heterocycles. The monoisotopic (exact) mass is 329 g/mol. The zero-order valence-corrected chi connectivity index (χ0v) is 13.2. The second-order valence-electron chi connectivity index (χ2n) is 4.23. The van der Waals surface area contributed by atoms with E-state index < -0.39 is 0 Å². The first-order valence-electron chi connectivity index (χ1n) is 5.64. The van der Waals surface area contributed by atoms with Crippen LogP contribution in [0, 0.1) is 6.92 Å². The molecule has 1 N–H and O–H groups in total. The Hall–Kier alpha value is -0.160. The zero-order valence-electron chi connectivity index (χ0n) is 10.00. The summed E-state index contributed by atoms with van der Waals surface area (Å²) in [7, 11) is 0. The van der Waals surface area contributed by atoms with Crippen molar-refractivity contribution in [3.05, 3.63) is 42.7 Å². The first-order valence-corrected chi connectivity index (χ1v) is 8.19. The third-order valence-corrected chi connectivity index (χ3v) is 5.52. The maximum atomic E-state index is 3.57. The van der Waals surface area contributed by atoms with Crippen molar-refractivity contribution < 1.29 is 0 Å². The van der Waals surface area contributed by atoms with Crippen molar-refractivity contribution in [2.24, 2.45) is 0 Å². The van der Waals surface area contributed by atoms with Gasteiger partial charge in [0.25, 0.3) is 0 Å². The molecule has 0 aliphatic carbocycles. The summed E-state index contributed by atoms with van der Waals surface area (Å²) in [5.74, 6) is 0. The second kappa shape index (κ2) is 6.14. The fourth-order valence-corrected chi connectivity index (χ4v) is 3.95. The van der Waals surface area contributed by atoms with Gasteiger partial charge in [-0.25, -0.2) is 0 Å². The lowest BCUT2D eigenvalue weighted by atomic mass is 10.1. The van der Waals surface area contributed by atoms with Crippen LogP contribution in [-0.4, -0.2) is 6.04 Å². The van der Waals surface area contributed by atoms with Gasteiger partial charge in [-0.2, -0.15) is 11.3 Å². The average Bonchev–Trinajstić information content (AvgIpc) is 2.87. The molecule has 0 bridgehead atoms. The van der Waals surface area contributed by atoms with Gasteiger partial charge in [-0.1, -0.05) is 0 Å². The van der Waals surface area contributed by atoms with Crippen LogP contribution < -0.4 is 5.32 Å². The average molecular weight is 330 g/mol. The lowest BCUT2D eigenvalue weighted by molar-refractivity contribution is 0.549. The zero-order chi connectivity index (χ0) is 12.3. The van der Waals surface area contributed by atoms with Gasteiger partial charge in [0.15, 0.2) is 0 Å². The molecule has 92 valence electrons. The molecule has 1 atom stereocenters. The van der Waals surface area contributed by atoms with Crippen LogP contribution in [0.25, 0.3) is 0 Å². The van der Waals surface area contributed by atoms with Crippen molar-refractivity contribution in [2.75, 3.05) is 0 Å². The highest BCUT2D eigenvalue weighted by Crippen LogP contribution is 2.26. The van der Waals surface area contributed by atoms with Crippen LogP contribution in [-0.2, 0) is 13.0 Å². The van der Waals surface area contributed by atoms with Crippen LogP contribution in [0.1, 0.15) is 22.2 Å². The van der Waals surface area contributed by atoms with E-state index in [0.29, 0.717) is 6.04 Å².